The van der Waals surface area contributed by atoms with E-state index in [0.29, 0.717) is 12.5 Å². The van der Waals surface area contributed by atoms with Crippen molar-refractivity contribution in [2.75, 3.05) is 18.0 Å². The molecule has 0 aliphatic heterocycles. The maximum atomic E-state index is 12.2. The number of benzene rings is 1. The Morgan fingerprint density at radius 1 is 1.25 bits per heavy atom. The zero-order valence-corrected chi connectivity index (χ0v) is 11.4. The van der Waals surface area contributed by atoms with Crippen molar-refractivity contribution in [3.63, 3.8) is 0 Å². The second-order valence-electron chi connectivity index (χ2n) is 5.11. The lowest BCUT2D eigenvalue weighted by Gasteiger charge is -2.28. The highest BCUT2D eigenvalue weighted by Crippen LogP contribution is 2.25. The number of nitrogens with zero attached hydrogens (tertiary/aromatic N) is 1. The standard InChI is InChI=1S/C15H20N2O3/c18-14(19)9-10-17(13-7-2-1-3-8-13)15(20)16-11-12-5-4-6-12/h1-3,7-8,12H,4-6,9-11H2,(H,16,20)(H,18,19). The molecule has 1 saturated carbocycles. The van der Waals surface area contributed by atoms with Crippen molar-refractivity contribution in [2.24, 2.45) is 5.92 Å². The van der Waals surface area contributed by atoms with Crippen molar-refractivity contribution in [3.05, 3.63) is 30.3 Å². The van der Waals surface area contributed by atoms with Crippen LogP contribution in [0.15, 0.2) is 30.3 Å². The molecule has 1 aliphatic carbocycles. The monoisotopic (exact) mass is 276 g/mol. The van der Waals surface area contributed by atoms with Crippen LogP contribution in [0.5, 0.6) is 0 Å². The normalized spacial score (nSPS) is 14.4. The summed E-state index contributed by atoms with van der Waals surface area (Å²) in [5.74, 6) is -0.325. The van der Waals surface area contributed by atoms with Gasteiger partial charge in [-0.2, -0.15) is 0 Å². The predicted octanol–water partition coefficient (Wildman–Crippen LogP) is 2.48. The molecule has 1 aliphatic rings. The van der Waals surface area contributed by atoms with Crippen molar-refractivity contribution in [1.82, 2.24) is 5.32 Å². The molecule has 0 heterocycles. The molecule has 2 rings (SSSR count). The number of carbonyl (C=O) groups is 2. The van der Waals surface area contributed by atoms with Crippen LogP contribution in [-0.4, -0.2) is 30.2 Å². The molecule has 2 N–H and O–H groups in total. The van der Waals surface area contributed by atoms with E-state index in [4.69, 9.17) is 5.11 Å². The van der Waals surface area contributed by atoms with Crippen LogP contribution in [0.1, 0.15) is 25.7 Å². The van der Waals surface area contributed by atoms with Gasteiger partial charge in [0.15, 0.2) is 0 Å². The Balaban J connectivity index is 1.96. The van der Waals surface area contributed by atoms with E-state index < -0.39 is 5.97 Å². The van der Waals surface area contributed by atoms with Gasteiger partial charge in [-0.3, -0.25) is 9.69 Å². The second kappa shape index (κ2) is 6.93. The molecule has 0 atom stereocenters. The maximum Gasteiger partial charge on any atom is 0.321 e. The fourth-order valence-electron chi connectivity index (χ4n) is 2.19. The fourth-order valence-corrected chi connectivity index (χ4v) is 2.19. The van der Waals surface area contributed by atoms with Crippen molar-refractivity contribution in [1.29, 1.82) is 0 Å². The number of urea groups is 1. The molecule has 1 aromatic carbocycles. The van der Waals surface area contributed by atoms with Gasteiger partial charge >= 0.3 is 12.0 Å². The fraction of sp³-hybridized carbons (Fsp3) is 0.467. The molecule has 20 heavy (non-hydrogen) atoms. The van der Waals surface area contributed by atoms with Gasteiger partial charge in [0.1, 0.15) is 0 Å². The number of aliphatic carboxylic acids is 1. The number of carboxylic acid groups (broad SMARTS) is 1. The molecule has 0 spiro atoms. The lowest BCUT2D eigenvalue weighted by Crippen LogP contribution is -2.43. The highest BCUT2D eigenvalue weighted by Gasteiger charge is 2.21. The van der Waals surface area contributed by atoms with Crippen LogP contribution in [0.3, 0.4) is 0 Å². The summed E-state index contributed by atoms with van der Waals surface area (Å²) in [6.07, 6.45) is 3.51. The van der Waals surface area contributed by atoms with E-state index >= 15 is 0 Å². The summed E-state index contributed by atoms with van der Waals surface area (Å²) in [5, 5.41) is 11.7. The summed E-state index contributed by atoms with van der Waals surface area (Å²) < 4.78 is 0. The van der Waals surface area contributed by atoms with Crippen molar-refractivity contribution in [2.45, 2.75) is 25.7 Å². The van der Waals surface area contributed by atoms with Gasteiger partial charge in [0, 0.05) is 18.8 Å². The van der Waals surface area contributed by atoms with Crippen LogP contribution < -0.4 is 10.2 Å². The maximum absolute atomic E-state index is 12.2. The molecule has 0 bridgehead atoms. The van der Waals surface area contributed by atoms with E-state index in [0.717, 1.165) is 5.69 Å². The number of para-hydroxylation sites is 1. The number of nitrogens with one attached hydrogen (secondary N) is 1. The average Bonchev–Trinajstić information content (AvgIpc) is 2.38. The van der Waals surface area contributed by atoms with Crippen LogP contribution in [0.25, 0.3) is 0 Å². The number of carbonyl (C=O) groups excluding carboxylic acids is 1. The molecular weight excluding hydrogens is 256 g/mol. The first-order chi connectivity index (χ1) is 9.66. The summed E-state index contributed by atoms with van der Waals surface area (Å²) >= 11 is 0. The Bertz CT molecular complexity index is 457. The van der Waals surface area contributed by atoms with Crippen LogP contribution in [0.4, 0.5) is 10.5 Å². The van der Waals surface area contributed by atoms with Gasteiger partial charge in [0.05, 0.1) is 6.42 Å². The van der Waals surface area contributed by atoms with Gasteiger partial charge in [-0.05, 0) is 30.9 Å². The smallest absolute Gasteiger partial charge is 0.321 e. The van der Waals surface area contributed by atoms with Gasteiger partial charge in [-0.1, -0.05) is 24.6 Å². The van der Waals surface area contributed by atoms with Crippen LogP contribution in [0, 0.1) is 5.92 Å². The molecule has 1 fully saturated rings. The Morgan fingerprint density at radius 2 is 1.95 bits per heavy atom. The van der Waals surface area contributed by atoms with Crippen LogP contribution >= 0.6 is 0 Å². The number of rotatable bonds is 6. The summed E-state index contributed by atoms with van der Waals surface area (Å²) in [5.41, 5.74) is 0.722. The van der Waals surface area contributed by atoms with E-state index in [2.05, 4.69) is 5.32 Å². The summed E-state index contributed by atoms with van der Waals surface area (Å²) in [6, 6.07) is 8.94. The molecular formula is C15H20N2O3. The van der Waals surface area contributed by atoms with Crippen LogP contribution in [-0.2, 0) is 4.79 Å². The molecule has 0 unspecified atom stereocenters. The molecule has 5 heteroatoms. The highest BCUT2D eigenvalue weighted by atomic mass is 16.4. The molecule has 108 valence electrons. The van der Waals surface area contributed by atoms with Gasteiger partial charge in [0.25, 0.3) is 0 Å². The zero-order chi connectivity index (χ0) is 14.4. The lowest BCUT2D eigenvalue weighted by molar-refractivity contribution is -0.136. The van der Waals surface area contributed by atoms with E-state index in [1.165, 1.54) is 24.2 Å². The van der Waals surface area contributed by atoms with Crippen molar-refractivity contribution < 1.29 is 14.7 Å². The van der Waals surface area contributed by atoms with E-state index in [-0.39, 0.29) is 19.0 Å². The molecule has 5 nitrogen and oxygen atoms in total. The average molecular weight is 276 g/mol. The highest BCUT2D eigenvalue weighted by molar-refractivity contribution is 5.92. The molecule has 0 saturated heterocycles. The number of hydrogen-bond acceptors (Lipinski definition) is 2. The Labute approximate surface area is 118 Å². The molecule has 2 amide bonds. The van der Waals surface area contributed by atoms with E-state index in [1.807, 2.05) is 30.3 Å². The largest absolute Gasteiger partial charge is 0.481 e. The van der Waals surface area contributed by atoms with Crippen LogP contribution in [0.2, 0.25) is 0 Å². The number of hydrogen-bond donors (Lipinski definition) is 2. The second-order valence-corrected chi connectivity index (χ2v) is 5.11. The Morgan fingerprint density at radius 3 is 2.50 bits per heavy atom. The minimum atomic E-state index is -0.905. The third-order valence-electron chi connectivity index (χ3n) is 3.63. The topological polar surface area (TPSA) is 69.6 Å². The quantitative estimate of drug-likeness (QED) is 0.838. The van der Waals surface area contributed by atoms with Crippen molar-refractivity contribution >= 4 is 17.7 Å². The molecule has 0 radical (unpaired) electrons. The first-order valence-corrected chi connectivity index (χ1v) is 6.99. The SMILES string of the molecule is O=C(O)CCN(C(=O)NCC1CCC1)c1ccccc1. The first kappa shape index (κ1) is 14.4. The third-order valence-corrected chi connectivity index (χ3v) is 3.63. The minimum Gasteiger partial charge on any atom is -0.481 e. The molecule has 0 aromatic heterocycles. The number of anilines is 1. The first-order valence-electron chi connectivity index (χ1n) is 6.99. The van der Waals surface area contributed by atoms with Gasteiger partial charge in [-0.25, -0.2) is 4.79 Å². The zero-order valence-electron chi connectivity index (χ0n) is 11.4. The minimum absolute atomic E-state index is 0.0637. The Hall–Kier alpha value is -2.04. The van der Waals surface area contributed by atoms with Crippen molar-refractivity contribution in [3.8, 4) is 0 Å². The van der Waals surface area contributed by atoms with Gasteiger partial charge in [-0.15, -0.1) is 0 Å². The van der Waals surface area contributed by atoms with Gasteiger partial charge in [0.2, 0.25) is 0 Å². The lowest BCUT2D eigenvalue weighted by atomic mass is 9.85. The number of carboxylic acids is 1. The Kier molecular flexibility index (Phi) is 4.98. The predicted molar refractivity (Wildman–Crippen MR) is 76.8 cm³/mol. The summed E-state index contributed by atoms with van der Waals surface area (Å²) in [4.78, 5) is 24.4. The summed E-state index contributed by atoms with van der Waals surface area (Å²) in [6.45, 7) is 0.852. The number of amides is 2. The van der Waals surface area contributed by atoms with Gasteiger partial charge < -0.3 is 10.4 Å². The summed E-state index contributed by atoms with van der Waals surface area (Å²) in [7, 11) is 0. The third kappa shape index (κ3) is 3.98. The van der Waals surface area contributed by atoms with E-state index in [9.17, 15) is 9.59 Å². The molecule has 1 aromatic rings. The van der Waals surface area contributed by atoms with E-state index in [1.54, 1.807) is 0 Å².